The summed E-state index contributed by atoms with van der Waals surface area (Å²) >= 11 is 0. The van der Waals surface area contributed by atoms with E-state index in [0.717, 1.165) is 5.69 Å². The number of rotatable bonds is 7. The molecule has 0 bridgehead atoms. The Morgan fingerprint density at radius 2 is 1.75 bits per heavy atom. The van der Waals surface area contributed by atoms with Gasteiger partial charge in [0.15, 0.2) is 11.6 Å². The number of nitrogens with zero attached hydrogens (tertiary/aromatic N) is 1. The van der Waals surface area contributed by atoms with Crippen molar-refractivity contribution in [3.05, 3.63) is 29.8 Å². The Kier molecular flexibility index (Phi) is 5.90. The molecule has 0 aliphatic carbocycles. The maximum absolute atomic E-state index is 11.7. The Balaban J connectivity index is 2.57. The maximum Gasteiger partial charge on any atom is 0.313 e. The fourth-order valence-electron chi connectivity index (χ4n) is 1.74. The summed E-state index contributed by atoms with van der Waals surface area (Å²) < 4.78 is 4.73. The topological polar surface area (TPSA) is 63.7 Å². The molecule has 0 aliphatic heterocycles. The van der Waals surface area contributed by atoms with E-state index >= 15 is 0 Å². The first-order valence-corrected chi connectivity index (χ1v) is 6.43. The van der Waals surface area contributed by atoms with Crippen LogP contribution in [-0.2, 0) is 14.3 Å². The van der Waals surface area contributed by atoms with Gasteiger partial charge in [0.05, 0.1) is 13.2 Å². The molecule has 1 aromatic rings. The monoisotopic (exact) mass is 277 g/mol. The average Bonchev–Trinajstić information content (AvgIpc) is 2.38. The molecule has 0 N–H and O–H groups in total. The summed E-state index contributed by atoms with van der Waals surface area (Å²) in [6.45, 7) is 3.60. The number of hydrogen-bond donors (Lipinski definition) is 0. The van der Waals surface area contributed by atoms with Crippen molar-refractivity contribution >= 4 is 23.2 Å². The summed E-state index contributed by atoms with van der Waals surface area (Å²) in [5.41, 5.74) is 1.44. The predicted molar refractivity (Wildman–Crippen MR) is 76.0 cm³/mol. The van der Waals surface area contributed by atoms with Gasteiger partial charge >= 0.3 is 5.97 Å². The molecule has 5 heteroatoms. The van der Waals surface area contributed by atoms with Crippen LogP contribution < -0.4 is 4.90 Å². The number of ether oxygens (including phenoxy) is 1. The lowest BCUT2D eigenvalue weighted by molar-refractivity contribution is -0.145. The van der Waals surface area contributed by atoms with Crippen LogP contribution in [0, 0.1) is 0 Å². The molecule has 0 radical (unpaired) electrons. The molecule has 0 atom stereocenters. The molecule has 0 unspecified atom stereocenters. The van der Waals surface area contributed by atoms with Crippen LogP contribution in [0.5, 0.6) is 0 Å². The van der Waals surface area contributed by atoms with Gasteiger partial charge in [-0.05, 0) is 38.1 Å². The second-order valence-electron chi connectivity index (χ2n) is 4.48. The normalized spacial score (nSPS) is 9.95. The summed E-state index contributed by atoms with van der Waals surface area (Å²) in [6, 6.07) is 6.97. The lowest BCUT2D eigenvalue weighted by atomic mass is 10.1. The van der Waals surface area contributed by atoms with Gasteiger partial charge in [-0.25, -0.2) is 0 Å². The molecular formula is C15H19NO4. The summed E-state index contributed by atoms with van der Waals surface area (Å²) in [6.07, 6.45) is -0.219. The summed E-state index contributed by atoms with van der Waals surface area (Å²) in [5.74, 6) is -0.711. The lowest BCUT2D eigenvalue weighted by Gasteiger charge is -2.18. The number of Topliss-reactive ketones (excluding diaryl/α,β-unsaturated/α-hetero) is 2. The van der Waals surface area contributed by atoms with Crippen LogP contribution in [0.2, 0.25) is 0 Å². The van der Waals surface area contributed by atoms with E-state index < -0.39 is 5.97 Å². The van der Waals surface area contributed by atoms with E-state index in [2.05, 4.69) is 0 Å². The van der Waals surface area contributed by atoms with Gasteiger partial charge in [-0.3, -0.25) is 14.4 Å². The molecule has 1 rings (SSSR count). The molecule has 0 fully saturated rings. The Morgan fingerprint density at radius 3 is 2.25 bits per heavy atom. The number of carbonyl (C=O) groups excluding carboxylic acids is 3. The first-order chi connectivity index (χ1) is 9.43. The quantitative estimate of drug-likeness (QED) is 0.432. The molecule has 0 saturated carbocycles. The third-order valence-electron chi connectivity index (χ3n) is 2.77. The smallest absolute Gasteiger partial charge is 0.313 e. The Morgan fingerprint density at radius 1 is 1.15 bits per heavy atom. The van der Waals surface area contributed by atoms with Crippen LogP contribution in [0.4, 0.5) is 5.69 Å². The minimum atomic E-state index is -0.502. The summed E-state index contributed by atoms with van der Waals surface area (Å²) in [7, 11) is 1.76. The van der Waals surface area contributed by atoms with Crippen molar-refractivity contribution in [1.29, 1.82) is 0 Å². The Labute approximate surface area is 118 Å². The van der Waals surface area contributed by atoms with Crippen LogP contribution in [0.1, 0.15) is 30.6 Å². The molecule has 0 spiro atoms. The molecular weight excluding hydrogens is 258 g/mol. The summed E-state index contributed by atoms with van der Waals surface area (Å²) in [4.78, 5) is 35.8. The largest absolute Gasteiger partial charge is 0.466 e. The molecule has 20 heavy (non-hydrogen) atoms. The van der Waals surface area contributed by atoms with Crippen molar-refractivity contribution in [2.75, 3.05) is 25.1 Å². The number of carbonyl (C=O) groups is 3. The number of esters is 1. The minimum Gasteiger partial charge on any atom is -0.466 e. The zero-order chi connectivity index (χ0) is 15.1. The third kappa shape index (κ3) is 4.84. The average molecular weight is 277 g/mol. The highest BCUT2D eigenvalue weighted by molar-refractivity contribution is 5.98. The number of likely N-dealkylation sites (N-methyl/N-ethyl adjacent to an activating group) is 1. The van der Waals surface area contributed by atoms with Gasteiger partial charge in [0.25, 0.3) is 0 Å². The van der Waals surface area contributed by atoms with Gasteiger partial charge in [-0.1, -0.05) is 0 Å². The standard InChI is InChI=1S/C15H19NO4/c1-4-20-15(19)9-14(18)10-16(3)13-7-5-12(6-8-13)11(2)17/h5-8H,4,9-10H2,1-3H3. The Hall–Kier alpha value is -2.17. The zero-order valence-electron chi connectivity index (χ0n) is 12.0. The second kappa shape index (κ2) is 7.43. The molecule has 0 heterocycles. The highest BCUT2D eigenvalue weighted by Gasteiger charge is 2.13. The first-order valence-electron chi connectivity index (χ1n) is 6.43. The number of anilines is 1. The van der Waals surface area contributed by atoms with Crippen LogP contribution >= 0.6 is 0 Å². The summed E-state index contributed by atoms with van der Waals surface area (Å²) in [5, 5.41) is 0. The van der Waals surface area contributed by atoms with Crippen molar-refractivity contribution in [2.45, 2.75) is 20.3 Å². The molecule has 1 aromatic carbocycles. The van der Waals surface area contributed by atoms with E-state index in [1.165, 1.54) is 6.92 Å². The lowest BCUT2D eigenvalue weighted by Crippen LogP contribution is -2.27. The predicted octanol–water partition coefficient (Wildman–Crippen LogP) is 1.85. The Bertz CT molecular complexity index is 493. The SMILES string of the molecule is CCOC(=O)CC(=O)CN(C)c1ccc(C(C)=O)cc1. The molecule has 0 aromatic heterocycles. The van der Waals surface area contributed by atoms with Gasteiger partial charge in [0.1, 0.15) is 6.42 Å². The highest BCUT2D eigenvalue weighted by Crippen LogP contribution is 2.14. The maximum atomic E-state index is 11.7. The molecule has 108 valence electrons. The van der Waals surface area contributed by atoms with Gasteiger partial charge in [-0.2, -0.15) is 0 Å². The highest BCUT2D eigenvalue weighted by atomic mass is 16.5. The molecule has 0 saturated heterocycles. The number of ketones is 2. The van der Waals surface area contributed by atoms with Gasteiger partial charge in [0.2, 0.25) is 0 Å². The van der Waals surface area contributed by atoms with Crippen LogP contribution in [0.15, 0.2) is 24.3 Å². The molecule has 0 aliphatic rings. The van der Waals surface area contributed by atoms with Gasteiger partial charge in [-0.15, -0.1) is 0 Å². The first kappa shape index (κ1) is 15.9. The van der Waals surface area contributed by atoms with Crippen molar-refractivity contribution in [2.24, 2.45) is 0 Å². The van der Waals surface area contributed by atoms with E-state index in [-0.39, 0.29) is 31.1 Å². The number of benzene rings is 1. The van der Waals surface area contributed by atoms with E-state index in [1.807, 2.05) is 0 Å². The third-order valence-corrected chi connectivity index (χ3v) is 2.77. The zero-order valence-corrected chi connectivity index (χ0v) is 12.0. The van der Waals surface area contributed by atoms with Crippen molar-refractivity contribution in [3.63, 3.8) is 0 Å². The molecule has 5 nitrogen and oxygen atoms in total. The van der Waals surface area contributed by atoms with Crippen LogP contribution in [0.25, 0.3) is 0 Å². The van der Waals surface area contributed by atoms with E-state index in [1.54, 1.807) is 43.1 Å². The van der Waals surface area contributed by atoms with Crippen molar-refractivity contribution in [3.8, 4) is 0 Å². The fourth-order valence-corrected chi connectivity index (χ4v) is 1.74. The van der Waals surface area contributed by atoms with E-state index in [4.69, 9.17) is 4.74 Å². The fraction of sp³-hybridized carbons (Fsp3) is 0.400. The van der Waals surface area contributed by atoms with Crippen molar-refractivity contribution in [1.82, 2.24) is 0 Å². The van der Waals surface area contributed by atoms with Gasteiger partial charge in [0, 0.05) is 18.3 Å². The van der Waals surface area contributed by atoms with Crippen molar-refractivity contribution < 1.29 is 19.1 Å². The van der Waals surface area contributed by atoms with E-state index in [9.17, 15) is 14.4 Å². The minimum absolute atomic E-state index is 0.00223. The van der Waals surface area contributed by atoms with Crippen LogP contribution in [-0.4, -0.2) is 37.7 Å². The molecule has 0 amide bonds. The van der Waals surface area contributed by atoms with Crippen LogP contribution in [0.3, 0.4) is 0 Å². The van der Waals surface area contributed by atoms with E-state index in [0.29, 0.717) is 5.56 Å². The van der Waals surface area contributed by atoms with Gasteiger partial charge < -0.3 is 9.64 Å². The number of hydrogen-bond acceptors (Lipinski definition) is 5. The second-order valence-corrected chi connectivity index (χ2v) is 4.48.